The van der Waals surface area contributed by atoms with Crippen LogP contribution >= 0.6 is 0 Å². The first-order valence-corrected chi connectivity index (χ1v) is 7.29. The molecular weight excluding hydrogens is 299 g/mol. The quantitative estimate of drug-likeness (QED) is 0.722. The maximum Gasteiger partial charge on any atom is 0.258 e. The van der Waals surface area contributed by atoms with Gasteiger partial charge >= 0.3 is 0 Å². The van der Waals surface area contributed by atoms with Gasteiger partial charge in [0.05, 0.1) is 13.2 Å². The fraction of sp³-hybridized carbons (Fsp3) is 0.176. The molecule has 0 unspecified atom stereocenters. The van der Waals surface area contributed by atoms with Gasteiger partial charge in [-0.25, -0.2) is 4.39 Å². The Morgan fingerprint density at radius 2 is 1.61 bits per heavy atom. The first-order chi connectivity index (χ1) is 11.3. The molecule has 1 aliphatic heterocycles. The number of halogens is 1. The summed E-state index contributed by atoms with van der Waals surface area (Å²) in [4.78, 5) is 4.36. The Morgan fingerprint density at radius 1 is 0.870 bits per heavy atom. The van der Waals surface area contributed by atoms with Gasteiger partial charge in [-0.3, -0.25) is 0 Å². The first-order valence-electron chi connectivity index (χ1n) is 7.29. The highest BCUT2D eigenvalue weighted by Gasteiger charge is 2.15. The maximum absolute atomic E-state index is 13.0. The Bertz CT molecular complexity index is 830. The SMILES string of the molecule is Fc1ccc(-c2noc(-c3ccc4c(c3)OCCCO4)n2)cc1. The summed E-state index contributed by atoms with van der Waals surface area (Å²) in [5, 5.41) is 3.94. The zero-order valence-corrected chi connectivity index (χ0v) is 12.2. The van der Waals surface area contributed by atoms with Gasteiger partial charge in [-0.15, -0.1) is 0 Å². The molecule has 5 nitrogen and oxygen atoms in total. The van der Waals surface area contributed by atoms with E-state index < -0.39 is 0 Å². The summed E-state index contributed by atoms with van der Waals surface area (Å²) in [5.41, 5.74) is 1.44. The Balaban J connectivity index is 1.66. The molecule has 0 bridgehead atoms. The molecule has 2 aromatic carbocycles. The van der Waals surface area contributed by atoms with Gasteiger partial charge in [-0.05, 0) is 42.5 Å². The van der Waals surface area contributed by atoms with E-state index in [1.165, 1.54) is 12.1 Å². The van der Waals surface area contributed by atoms with E-state index in [9.17, 15) is 4.39 Å². The van der Waals surface area contributed by atoms with Gasteiger partial charge in [-0.1, -0.05) is 5.16 Å². The van der Waals surface area contributed by atoms with Crippen molar-refractivity contribution in [2.75, 3.05) is 13.2 Å². The van der Waals surface area contributed by atoms with E-state index in [-0.39, 0.29) is 5.82 Å². The number of hydrogen-bond donors (Lipinski definition) is 0. The highest BCUT2D eigenvalue weighted by Crippen LogP contribution is 2.34. The largest absolute Gasteiger partial charge is 0.490 e. The minimum absolute atomic E-state index is 0.305. The minimum Gasteiger partial charge on any atom is -0.490 e. The van der Waals surface area contributed by atoms with Crippen molar-refractivity contribution in [2.24, 2.45) is 0 Å². The smallest absolute Gasteiger partial charge is 0.258 e. The molecule has 0 saturated carbocycles. The number of fused-ring (bicyclic) bond motifs is 1. The molecule has 0 atom stereocenters. The lowest BCUT2D eigenvalue weighted by molar-refractivity contribution is 0.297. The van der Waals surface area contributed by atoms with Crippen LogP contribution in [0.2, 0.25) is 0 Å². The predicted molar refractivity (Wildman–Crippen MR) is 80.7 cm³/mol. The highest BCUT2D eigenvalue weighted by molar-refractivity contribution is 5.63. The predicted octanol–water partition coefficient (Wildman–Crippen LogP) is 3.70. The van der Waals surface area contributed by atoms with Crippen LogP contribution in [0.25, 0.3) is 22.8 Å². The highest BCUT2D eigenvalue weighted by atomic mass is 19.1. The minimum atomic E-state index is -0.305. The van der Waals surface area contributed by atoms with Gasteiger partial charge in [0.25, 0.3) is 5.89 Å². The van der Waals surface area contributed by atoms with Crippen molar-refractivity contribution in [3.63, 3.8) is 0 Å². The molecular formula is C17H13FN2O3. The fourth-order valence-electron chi connectivity index (χ4n) is 2.35. The monoisotopic (exact) mass is 312 g/mol. The Labute approximate surface area is 131 Å². The van der Waals surface area contributed by atoms with Crippen LogP contribution in [0.5, 0.6) is 11.5 Å². The lowest BCUT2D eigenvalue weighted by Crippen LogP contribution is -1.97. The van der Waals surface area contributed by atoms with Crippen molar-refractivity contribution in [3.05, 3.63) is 48.3 Å². The number of benzene rings is 2. The van der Waals surface area contributed by atoms with Gasteiger partial charge in [0.2, 0.25) is 5.82 Å². The molecule has 0 spiro atoms. The summed E-state index contributed by atoms with van der Waals surface area (Å²) in [6, 6.07) is 11.4. The van der Waals surface area contributed by atoms with E-state index in [4.69, 9.17) is 14.0 Å². The third kappa shape index (κ3) is 2.75. The lowest BCUT2D eigenvalue weighted by Gasteiger charge is -2.07. The van der Waals surface area contributed by atoms with E-state index in [0.717, 1.165) is 12.0 Å². The van der Waals surface area contributed by atoms with E-state index in [0.29, 0.717) is 42.0 Å². The van der Waals surface area contributed by atoms with Crippen molar-refractivity contribution in [1.82, 2.24) is 10.1 Å². The van der Waals surface area contributed by atoms with Crippen LogP contribution < -0.4 is 9.47 Å². The zero-order valence-electron chi connectivity index (χ0n) is 12.2. The van der Waals surface area contributed by atoms with E-state index in [1.54, 1.807) is 12.1 Å². The average molecular weight is 312 g/mol. The standard InChI is InChI=1S/C17H13FN2O3/c18-13-5-2-11(3-6-13)16-19-17(23-20-16)12-4-7-14-15(10-12)22-9-1-8-21-14/h2-7,10H,1,8-9H2. The maximum atomic E-state index is 13.0. The second-order valence-electron chi connectivity index (χ2n) is 5.14. The van der Waals surface area contributed by atoms with Crippen LogP contribution in [-0.4, -0.2) is 23.4 Å². The normalized spacial score (nSPS) is 13.6. The van der Waals surface area contributed by atoms with Gasteiger partial charge < -0.3 is 14.0 Å². The summed E-state index contributed by atoms with van der Waals surface area (Å²) in [6.07, 6.45) is 0.847. The summed E-state index contributed by atoms with van der Waals surface area (Å²) < 4.78 is 29.5. The van der Waals surface area contributed by atoms with E-state index in [2.05, 4.69) is 10.1 Å². The van der Waals surface area contributed by atoms with Gasteiger partial charge in [-0.2, -0.15) is 4.98 Å². The van der Waals surface area contributed by atoms with Crippen molar-refractivity contribution < 1.29 is 18.4 Å². The summed E-state index contributed by atoms with van der Waals surface area (Å²) in [5.74, 6) is 1.86. The molecule has 0 fully saturated rings. The molecule has 0 amide bonds. The molecule has 23 heavy (non-hydrogen) atoms. The first kappa shape index (κ1) is 13.8. The van der Waals surface area contributed by atoms with E-state index >= 15 is 0 Å². The third-order valence-corrected chi connectivity index (χ3v) is 3.52. The van der Waals surface area contributed by atoms with Crippen molar-refractivity contribution in [3.8, 4) is 34.3 Å². The van der Waals surface area contributed by atoms with Gasteiger partial charge in [0.1, 0.15) is 5.82 Å². The molecule has 2 heterocycles. The fourth-order valence-corrected chi connectivity index (χ4v) is 2.35. The van der Waals surface area contributed by atoms with Crippen LogP contribution in [0.1, 0.15) is 6.42 Å². The summed E-state index contributed by atoms with van der Waals surface area (Å²) >= 11 is 0. The average Bonchev–Trinajstić information content (AvgIpc) is 2.94. The molecule has 1 aliphatic rings. The Kier molecular flexibility index (Phi) is 3.42. The Hall–Kier alpha value is -2.89. The number of nitrogens with zero attached hydrogens (tertiary/aromatic N) is 2. The van der Waals surface area contributed by atoms with Crippen molar-refractivity contribution >= 4 is 0 Å². The van der Waals surface area contributed by atoms with Crippen LogP contribution in [0.4, 0.5) is 4.39 Å². The van der Waals surface area contributed by atoms with Crippen LogP contribution in [0, 0.1) is 5.82 Å². The topological polar surface area (TPSA) is 57.4 Å². The summed E-state index contributed by atoms with van der Waals surface area (Å²) in [6.45, 7) is 1.25. The van der Waals surface area contributed by atoms with Crippen LogP contribution in [0.15, 0.2) is 47.0 Å². The molecule has 0 radical (unpaired) electrons. The van der Waals surface area contributed by atoms with E-state index in [1.807, 2.05) is 18.2 Å². The lowest BCUT2D eigenvalue weighted by atomic mass is 10.2. The zero-order chi connectivity index (χ0) is 15.6. The molecule has 1 aromatic heterocycles. The molecule has 0 saturated heterocycles. The molecule has 0 N–H and O–H groups in total. The second kappa shape index (κ2) is 5.72. The molecule has 0 aliphatic carbocycles. The second-order valence-corrected chi connectivity index (χ2v) is 5.14. The van der Waals surface area contributed by atoms with Crippen molar-refractivity contribution in [2.45, 2.75) is 6.42 Å². The molecule has 4 rings (SSSR count). The number of rotatable bonds is 2. The summed E-state index contributed by atoms with van der Waals surface area (Å²) in [7, 11) is 0. The van der Waals surface area contributed by atoms with Crippen LogP contribution in [0.3, 0.4) is 0 Å². The molecule has 3 aromatic rings. The molecule has 6 heteroatoms. The number of ether oxygens (including phenoxy) is 2. The molecule has 116 valence electrons. The van der Waals surface area contributed by atoms with Crippen molar-refractivity contribution in [1.29, 1.82) is 0 Å². The number of hydrogen-bond acceptors (Lipinski definition) is 5. The third-order valence-electron chi connectivity index (χ3n) is 3.52. The van der Waals surface area contributed by atoms with Gasteiger partial charge in [0, 0.05) is 17.5 Å². The van der Waals surface area contributed by atoms with Crippen LogP contribution in [-0.2, 0) is 0 Å². The number of aromatic nitrogens is 2. The Morgan fingerprint density at radius 3 is 2.43 bits per heavy atom. The van der Waals surface area contributed by atoms with Gasteiger partial charge in [0.15, 0.2) is 11.5 Å².